The smallest absolute Gasteiger partial charge is 0.414 e. The molecule has 1 amide bonds. The lowest BCUT2D eigenvalue weighted by Gasteiger charge is -2.26. The van der Waals surface area contributed by atoms with Crippen LogP contribution in [0.2, 0.25) is 0 Å². The van der Waals surface area contributed by atoms with Gasteiger partial charge < -0.3 is 9.64 Å². The number of anilines is 1. The molecule has 0 spiro atoms. The van der Waals surface area contributed by atoms with Crippen LogP contribution in [-0.4, -0.2) is 37.2 Å². The lowest BCUT2D eigenvalue weighted by atomic mass is 9.99. The van der Waals surface area contributed by atoms with E-state index in [1.807, 2.05) is 6.07 Å². The number of nitrogens with zero attached hydrogens (tertiary/aromatic N) is 2. The minimum absolute atomic E-state index is 0.264. The van der Waals surface area contributed by atoms with Crippen molar-refractivity contribution < 1.29 is 9.53 Å². The highest BCUT2D eigenvalue weighted by Gasteiger charge is 2.29. The van der Waals surface area contributed by atoms with Crippen LogP contribution in [0.5, 0.6) is 0 Å². The molecule has 0 N–H and O–H groups in total. The van der Waals surface area contributed by atoms with Crippen molar-refractivity contribution in [3.8, 4) is 0 Å². The molecule has 1 aromatic carbocycles. The molecule has 0 saturated carbocycles. The lowest BCUT2D eigenvalue weighted by Crippen LogP contribution is -2.28. The SMILES string of the molecule is [CH2]C1CN(c2ccc3c(c2)CCN(C)C3)C(=O)O1. The third kappa shape index (κ3) is 1.97. The second-order valence-corrected chi connectivity index (χ2v) is 5.06. The van der Waals surface area contributed by atoms with Gasteiger partial charge in [-0.25, -0.2) is 4.79 Å². The zero-order chi connectivity index (χ0) is 12.7. The van der Waals surface area contributed by atoms with Gasteiger partial charge >= 0.3 is 6.09 Å². The number of likely N-dealkylation sites (N-methyl/N-ethyl adjacent to an activating group) is 1. The van der Waals surface area contributed by atoms with Gasteiger partial charge in [0.15, 0.2) is 0 Å². The molecule has 95 valence electrons. The molecule has 1 saturated heterocycles. The van der Waals surface area contributed by atoms with Crippen LogP contribution >= 0.6 is 0 Å². The third-order valence-electron chi connectivity index (χ3n) is 3.58. The Labute approximate surface area is 107 Å². The highest BCUT2D eigenvalue weighted by atomic mass is 16.6. The number of rotatable bonds is 1. The number of hydrogen-bond acceptors (Lipinski definition) is 3. The van der Waals surface area contributed by atoms with Crippen LogP contribution in [-0.2, 0) is 17.7 Å². The first-order valence-corrected chi connectivity index (χ1v) is 6.25. The van der Waals surface area contributed by atoms with Crippen molar-refractivity contribution >= 4 is 11.8 Å². The molecule has 2 aliphatic heterocycles. The van der Waals surface area contributed by atoms with Crippen molar-refractivity contribution in [2.45, 2.75) is 19.1 Å². The fourth-order valence-electron chi connectivity index (χ4n) is 2.58. The van der Waals surface area contributed by atoms with Gasteiger partial charge in [0.05, 0.1) is 6.54 Å². The molecule has 0 aliphatic carbocycles. The number of hydrogen-bond donors (Lipinski definition) is 0. The summed E-state index contributed by atoms with van der Waals surface area (Å²) in [5.74, 6) is 0. The quantitative estimate of drug-likeness (QED) is 0.756. The number of cyclic esters (lactones) is 1. The standard InChI is InChI=1S/C14H17N2O2/c1-10-8-16(14(17)18-10)13-4-3-12-9-15(2)6-5-11(12)7-13/h3-4,7,10H,1,5-6,8-9H2,2H3. The van der Waals surface area contributed by atoms with Gasteiger partial charge in [-0.3, -0.25) is 4.90 Å². The van der Waals surface area contributed by atoms with Crippen LogP contribution in [0.15, 0.2) is 18.2 Å². The normalized spacial score (nSPS) is 24.0. The zero-order valence-corrected chi connectivity index (χ0v) is 10.6. The zero-order valence-electron chi connectivity index (χ0n) is 10.6. The van der Waals surface area contributed by atoms with Gasteiger partial charge in [-0.1, -0.05) is 6.07 Å². The van der Waals surface area contributed by atoms with Crippen molar-refractivity contribution in [2.75, 3.05) is 25.0 Å². The maximum Gasteiger partial charge on any atom is 0.414 e. The predicted molar refractivity (Wildman–Crippen MR) is 69.5 cm³/mol. The topological polar surface area (TPSA) is 32.8 Å². The molecule has 1 unspecified atom stereocenters. The van der Waals surface area contributed by atoms with Gasteiger partial charge in [0.2, 0.25) is 0 Å². The fourth-order valence-corrected chi connectivity index (χ4v) is 2.58. The van der Waals surface area contributed by atoms with Crippen LogP contribution in [0.25, 0.3) is 0 Å². The summed E-state index contributed by atoms with van der Waals surface area (Å²) in [5, 5.41) is 0. The van der Waals surface area contributed by atoms with E-state index in [-0.39, 0.29) is 12.2 Å². The highest BCUT2D eigenvalue weighted by molar-refractivity contribution is 5.90. The van der Waals surface area contributed by atoms with Crippen molar-refractivity contribution in [3.63, 3.8) is 0 Å². The largest absolute Gasteiger partial charge is 0.444 e. The number of ether oxygens (including phenoxy) is 1. The fraction of sp³-hybridized carbons (Fsp3) is 0.429. The van der Waals surface area contributed by atoms with E-state index >= 15 is 0 Å². The molecule has 1 radical (unpaired) electrons. The summed E-state index contributed by atoms with van der Waals surface area (Å²) in [6, 6.07) is 6.23. The molecule has 18 heavy (non-hydrogen) atoms. The van der Waals surface area contributed by atoms with E-state index < -0.39 is 0 Å². The van der Waals surface area contributed by atoms with E-state index in [1.54, 1.807) is 4.90 Å². The number of fused-ring (bicyclic) bond motifs is 1. The monoisotopic (exact) mass is 245 g/mol. The molecule has 2 heterocycles. The molecule has 1 aromatic rings. The van der Waals surface area contributed by atoms with Crippen LogP contribution < -0.4 is 4.90 Å². The Morgan fingerprint density at radius 1 is 1.39 bits per heavy atom. The summed E-state index contributed by atoms with van der Waals surface area (Å²) in [4.78, 5) is 15.6. The first-order chi connectivity index (χ1) is 8.63. The van der Waals surface area contributed by atoms with Gasteiger partial charge in [-0.05, 0) is 43.7 Å². The van der Waals surface area contributed by atoms with Crippen LogP contribution in [0.3, 0.4) is 0 Å². The maximum absolute atomic E-state index is 11.7. The molecule has 4 nitrogen and oxygen atoms in total. The Hall–Kier alpha value is -1.55. The summed E-state index contributed by atoms with van der Waals surface area (Å²) in [7, 11) is 2.13. The Morgan fingerprint density at radius 3 is 2.94 bits per heavy atom. The highest BCUT2D eigenvalue weighted by Crippen LogP contribution is 2.27. The second-order valence-electron chi connectivity index (χ2n) is 5.06. The Morgan fingerprint density at radius 2 is 2.22 bits per heavy atom. The predicted octanol–water partition coefficient (Wildman–Crippen LogP) is 1.83. The van der Waals surface area contributed by atoms with Crippen LogP contribution in [0, 0.1) is 6.92 Å². The average molecular weight is 245 g/mol. The second kappa shape index (κ2) is 4.28. The Kier molecular flexibility index (Phi) is 2.74. The maximum atomic E-state index is 11.7. The summed E-state index contributed by atoms with van der Waals surface area (Å²) in [5.41, 5.74) is 3.62. The minimum Gasteiger partial charge on any atom is -0.444 e. The molecular weight excluding hydrogens is 228 g/mol. The van der Waals surface area contributed by atoms with Gasteiger partial charge in [0.1, 0.15) is 6.10 Å². The first kappa shape index (κ1) is 11.5. The molecule has 1 fully saturated rings. The molecular formula is C14H17N2O2. The average Bonchev–Trinajstić information content (AvgIpc) is 2.68. The van der Waals surface area contributed by atoms with E-state index in [4.69, 9.17) is 4.74 Å². The van der Waals surface area contributed by atoms with Gasteiger partial charge in [-0.2, -0.15) is 0 Å². The van der Waals surface area contributed by atoms with Crippen molar-refractivity contribution in [2.24, 2.45) is 0 Å². The molecule has 4 heteroatoms. The minimum atomic E-state index is -0.289. The van der Waals surface area contributed by atoms with Crippen molar-refractivity contribution in [3.05, 3.63) is 36.2 Å². The van der Waals surface area contributed by atoms with E-state index in [0.29, 0.717) is 6.54 Å². The molecule has 2 aliphatic rings. The molecule has 1 atom stereocenters. The molecule has 0 aromatic heterocycles. The Balaban J connectivity index is 1.89. The number of carbonyl (C=O) groups is 1. The first-order valence-electron chi connectivity index (χ1n) is 6.25. The van der Waals surface area contributed by atoms with Crippen molar-refractivity contribution in [1.29, 1.82) is 0 Å². The van der Waals surface area contributed by atoms with E-state index in [2.05, 4.69) is 31.0 Å². The van der Waals surface area contributed by atoms with E-state index in [1.165, 1.54) is 11.1 Å². The summed E-state index contributed by atoms with van der Waals surface area (Å²) in [6.07, 6.45) is 0.485. The van der Waals surface area contributed by atoms with Crippen LogP contribution in [0.4, 0.5) is 10.5 Å². The third-order valence-corrected chi connectivity index (χ3v) is 3.58. The van der Waals surface area contributed by atoms with E-state index in [0.717, 1.165) is 25.2 Å². The van der Waals surface area contributed by atoms with Crippen molar-refractivity contribution in [1.82, 2.24) is 4.90 Å². The Bertz CT molecular complexity index is 487. The summed E-state index contributed by atoms with van der Waals surface area (Å²) < 4.78 is 5.06. The summed E-state index contributed by atoms with van der Waals surface area (Å²) in [6.45, 7) is 6.36. The summed E-state index contributed by atoms with van der Waals surface area (Å²) >= 11 is 0. The van der Waals surface area contributed by atoms with Gasteiger partial charge in [-0.15, -0.1) is 0 Å². The number of benzene rings is 1. The number of amides is 1. The van der Waals surface area contributed by atoms with E-state index in [9.17, 15) is 4.79 Å². The molecule has 0 bridgehead atoms. The van der Waals surface area contributed by atoms with Gasteiger partial charge in [0, 0.05) is 18.8 Å². The number of carbonyl (C=O) groups excluding carboxylic acids is 1. The van der Waals surface area contributed by atoms with Crippen LogP contribution in [0.1, 0.15) is 11.1 Å². The van der Waals surface area contributed by atoms with Gasteiger partial charge in [0.25, 0.3) is 0 Å². The molecule has 3 rings (SSSR count). The lowest BCUT2D eigenvalue weighted by molar-refractivity contribution is 0.159.